The Kier molecular flexibility index (Phi) is 3.40. The monoisotopic (exact) mass is 214 g/mol. The Morgan fingerprint density at radius 3 is 2.86 bits per heavy atom. The number of hydrogen-bond acceptors (Lipinski definition) is 3. The van der Waals surface area contributed by atoms with Crippen molar-refractivity contribution in [2.24, 2.45) is 11.1 Å². The van der Waals surface area contributed by atoms with Crippen molar-refractivity contribution in [2.75, 3.05) is 31.9 Å². The number of nitrogens with two attached hydrogens (primary N) is 1. The summed E-state index contributed by atoms with van der Waals surface area (Å²) in [6.45, 7) is 7.12. The van der Waals surface area contributed by atoms with Gasteiger partial charge in [0.05, 0.1) is 0 Å². The second kappa shape index (κ2) is 4.42. The maximum Gasteiger partial charge on any atom is 0.0147 e. The van der Waals surface area contributed by atoms with E-state index < -0.39 is 0 Å². The summed E-state index contributed by atoms with van der Waals surface area (Å²) in [5.41, 5.74) is 6.30. The maximum absolute atomic E-state index is 5.66. The minimum Gasteiger partial charge on any atom is -0.330 e. The first-order chi connectivity index (χ1) is 6.74. The molecule has 1 aliphatic heterocycles. The zero-order valence-electron chi connectivity index (χ0n) is 9.17. The standard InChI is InChI=1S/C11H22N2S/c1-10-8-13(6-7-14-10)9-11(2-3-11)4-5-12/h10H,2-9,12H2,1H3. The van der Waals surface area contributed by atoms with Gasteiger partial charge in [0, 0.05) is 30.6 Å². The van der Waals surface area contributed by atoms with Gasteiger partial charge in [0.2, 0.25) is 0 Å². The van der Waals surface area contributed by atoms with Crippen molar-refractivity contribution in [2.45, 2.75) is 31.4 Å². The van der Waals surface area contributed by atoms with Crippen LogP contribution in [0.3, 0.4) is 0 Å². The predicted octanol–water partition coefficient (Wildman–Crippen LogP) is 1.55. The highest BCUT2D eigenvalue weighted by Crippen LogP contribution is 2.49. The molecule has 1 atom stereocenters. The van der Waals surface area contributed by atoms with Gasteiger partial charge in [-0.2, -0.15) is 11.8 Å². The topological polar surface area (TPSA) is 29.3 Å². The Morgan fingerprint density at radius 1 is 1.50 bits per heavy atom. The van der Waals surface area contributed by atoms with Crippen molar-refractivity contribution in [3.63, 3.8) is 0 Å². The quantitative estimate of drug-likeness (QED) is 0.770. The minimum atomic E-state index is 0.635. The van der Waals surface area contributed by atoms with E-state index in [-0.39, 0.29) is 0 Å². The third-order valence-electron chi connectivity index (χ3n) is 3.52. The van der Waals surface area contributed by atoms with Crippen LogP contribution in [0.4, 0.5) is 0 Å². The first kappa shape index (κ1) is 10.8. The average molecular weight is 214 g/mol. The van der Waals surface area contributed by atoms with Gasteiger partial charge in [0.25, 0.3) is 0 Å². The van der Waals surface area contributed by atoms with E-state index in [0.717, 1.165) is 11.8 Å². The summed E-state index contributed by atoms with van der Waals surface area (Å²) < 4.78 is 0. The minimum absolute atomic E-state index is 0.635. The van der Waals surface area contributed by atoms with Crippen LogP contribution in [0.25, 0.3) is 0 Å². The highest BCUT2D eigenvalue weighted by Gasteiger charge is 2.43. The molecule has 2 N–H and O–H groups in total. The molecule has 1 aliphatic carbocycles. The van der Waals surface area contributed by atoms with Crippen molar-refractivity contribution in [3.8, 4) is 0 Å². The van der Waals surface area contributed by atoms with E-state index in [0.29, 0.717) is 5.41 Å². The molecule has 2 rings (SSSR count). The second-order valence-corrected chi connectivity index (χ2v) is 6.50. The van der Waals surface area contributed by atoms with Crippen molar-refractivity contribution < 1.29 is 0 Å². The van der Waals surface area contributed by atoms with E-state index in [1.54, 1.807) is 0 Å². The Bertz CT molecular complexity index is 192. The summed E-state index contributed by atoms with van der Waals surface area (Å²) in [4.78, 5) is 2.66. The first-order valence-corrected chi connectivity index (χ1v) is 6.83. The van der Waals surface area contributed by atoms with Crippen molar-refractivity contribution in [1.29, 1.82) is 0 Å². The van der Waals surface area contributed by atoms with Crippen LogP contribution in [0.1, 0.15) is 26.2 Å². The lowest BCUT2D eigenvalue weighted by molar-refractivity contribution is 0.222. The van der Waals surface area contributed by atoms with Crippen molar-refractivity contribution in [1.82, 2.24) is 4.90 Å². The summed E-state index contributed by atoms with van der Waals surface area (Å²) in [6, 6.07) is 0. The lowest BCUT2D eigenvalue weighted by atomic mass is 10.0. The van der Waals surface area contributed by atoms with Gasteiger partial charge in [-0.25, -0.2) is 0 Å². The van der Waals surface area contributed by atoms with Crippen LogP contribution in [-0.2, 0) is 0 Å². The normalized spacial score (nSPS) is 31.7. The molecule has 3 heteroatoms. The van der Waals surface area contributed by atoms with Gasteiger partial charge in [-0.15, -0.1) is 0 Å². The molecule has 2 aliphatic rings. The maximum atomic E-state index is 5.66. The molecular formula is C11H22N2S. The second-order valence-electron chi connectivity index (χ2n) is 4.96. The molecular weight excluding hydrogens is 192 g/mol. The van der Waals surface area contributed by atoms with Crippen LogP contribution in [0.15, 0.2) is 0 Å². The highest BCUT2D eigenvalue weighted by atomic mass is 32.2. The van der Waals surface area contributed by atoms with E-state index >= 15 is 0 Å². The molecule has 2 fully saturated rings. The van der Waals surface area contributed by atoms with E-state index in [9.17, 15) is 0 Å². The summed E-state index contributed by atoms with van der Waals surface area (Å²) in [7, 11) is 0. The van der Waals surface area contributed by atoms with Crippen LogP contribution in [0.2, 0.25) is 0 Å². The summed E-state index contributed by atoms with van der Waals surface area (Å²) in [6.07, 6.45) is 4.08. The molecule has 0 bridgehead atoms. The number of nitrogens with zero attached hydrogens (tertiary/aromatic N) is 1. The molecule has 0 aromatic rings. The lowest BCUT2D eigenvalue weighted by Crippen LogP contribution is -2.40. The molecule has 1 saturated carbocycles. The van der Waals surface area contributed by atoms with Gasteiger partial charge in [-0.3, -0.25) is 0 Å². The largest absolute Gasteiger partial charge is 0.330 e. The SMILES string of the molecule is CC1CN(CC2(CCN)CC2)CCS1. The number of rotatable bonds is 4. The Labute approximate surface area is 91.6 Å². The van der Waals surface area contributed by atoms with Gasteiger partial charge in [-0.1, -0.05) is 6.92 Å². The van der Waals surface area contributed by atoms with E-state index in [2.05, 4.69) is 23.6 Å². The van der Waals surface area contributed by atoms with Crippen LogP contribution >= 0.6 is 11.8 Å². The molecule has 0 amide bonds. The molecule has 1 saturated heterocycles. The van der Waals surface area contributed by atoms with Crippen molar-refractivity contribution in [3.05, 3.63) is 0 Å². The smallest absolute Gasteiger partial charge is 0.0147 e. The molecule has 2 nitrogen and oxygen atoms in total. The zero-order valence-corrected chi connectivity index (χ0v) is 9.98. The molecule has 14 heavy (non-hydrogen) atoms. The Morgan fingerprint density at radius 2 is 2.29 bits per heavy atom. The summed E-state index contributed by atoms with van der Waals surface area (Å²) >= 11 is 2.12. The fraction of sp³-hybridized carbons (Fsp3) is 1.00. The molecule has 0 aromatic heterocycles. The number of hydrogen-bond donors (Lipinski definition) is 1. The van der Waals surface area contributed by atoms with Gasteiger partial charge >= 0.3 is 0 Å². The number of thioether (sulfide) groups is 1. The fourth-order valence-corrected chi connectivity index (χ4v) is 3.56. The van der Waals surface area contributed by atoms with Crippen LogP contribution in [0.5, 0.6) is 0 Å². The molecule has 1 heterocycles. The third-order valence-corrected chi connectivity index (χ3v) is 4.65. The predicted molar refractivity (Wildman–Crippen MR) is 63.7 cm³/mol. The fourth-order valence-electron chi connectivity index (χ4n) is 2.48. The molecule has 0 radical (unpaired) electrons. The van der Waals surface area contributed by atoms with E-state index in [4.69, 9.17) is 5.73 Å². The van der Waals surface area contributed by atoms with Crippen LogP contribution in [0, 0.1) is 5.41 Å². The van der Waals surface area contributed by atoms with E-state index in [1.807, 2.05) is 0 Å². The van der Waals surface area contributed by atoms with Gasteiger partial charge in [0.15, 0.2) is 0 Å². The van der Waals surface area contributed by atoms with Crippen molar-refractivity contribution >= 4 is 11.8 Å². The first-order valence-electron chi connectivity index (χ1n) is 5.78. The zero-order chi connectivity index (χ0) is 10.0. The van der Waals surface area contributed by atoms with E-state index in [1.165, 1.54) is 44.6 Å². The highest BCUT2D eigenvalue weighted by molar-refractivity contribution is 7.99. The third kappa shape index (κ3) is 2.65. The molecule has 82 valence electrons. The molecule has 0 aromatic carbocycles. The summed E-state index contributed by atoms with van der Waals surface area (Å²) in [5.74, 6) is 1.32. The van der Waals surface area contributed by atoms with Crippen LogP contribution < -0.4 is 5.73 Å². The average Bonchev–Trinajstić information content (AvgIpc) is 2.85. The summed E-state index contributed by atoms with van der Waals surface area (Å²) in [5, 5.41) is 0.831. The van der Waals surface area contributed by atoms with Gasteiger partial charge in [-0.05, 0) is 31.2 Å². The Balaban J connectivity index is 1.79. The van der Waals surface area contributed by atoms with Gasteiger partial charge in [0.1, 0.15) is 0 Å². The van der Waals surface area contributed by atoms with Crippen LogP contribution in [-0.4, -0.2) is 42.1 Å². The molecule has 0 spiro atoms. The Hall–Kier alpha value is 0.270. The lowest BCUT2D eigenvalue weighted by Gasteiger charge is -2.33. The molecule has 1 unspecified atom stereocenters. The van der Waals surface area contributed by atoms with Gasteiger partial charge < -0.3 is 10.6 Å².